The summed E-state index contributed by atoms with van der Waals surface area (Å²) in [6, 6.07) is 9.45. The minimum Gasteiger partial charge on any atom is -0.480 e. The zero-order valence-electron chi connectivity index (χ0n) is 10.8. The molecule has 1 aromatic carbocycles. The molecule has 0 amide bonds. The average molecular weight is 257 g/mol. The number of aliphatic carboxylic acids is 1. The highest BCUT2D eigenvalue weighted by Crippen LogP contribution is 2.65. The molecule has 0 radical (unpaired) electrons. The quantitative estimate of drug-likeness (QED) is 0.871. The summed E-state index contributed by atoms with van der Waals surface area (Å²) < 4.78 is 0. The Morgan fingerprint density at radius 2 is 1.79 bits per heavy atom. The fourth-order valence-corrected chi connectivity index (χ4v) is 4.70. The summed E-state index contributed by atoms with van der Waals surface area (Å²) in [6.45, 7) is 0. The number of carboxylic acid groups (broad SMARTS) is 1. The molecule has 3 heteroatoms. The van der Waals surface area contributed by atoms with Gasteiger partial charge >= 0.3 is 5.97 Å². The second kappa shape index (κ2) is 4.07. The minimum atomic E-state index is -0.761. The van der Waals surface area contributed by atoms with Gasteiger partial charge in [-0.1, -0.05) is 30.3 Å². The van der Waals surface area contributed by atoms with Crippen molar-refractivity contribution in [3.05, 3.63) is 35.9 Å². The van der Waals surface area contributed by atoms with Gasteiger partial charge in [0.1, 0.15) is 6.04 Å². The van der Waals surface area contributed by atoms with Gasteiger partial charge in [-0.2, -0.15) is 0 Å². The van der Waals surface area contributed by atoms with Crippen molar-refractivity contribution in [3.63, 3.8) is 0 Å². The number of fused-ring (bicyclic) bond motifs is 5. The summed E-state index contributed by atoms with van der Waals surface area (Å²) in [7, 11) is 0. The van der Waals surface area contributed by atoms with E-state index in [4.69, 9.17) is 0 Å². The van der Waals surface area contributed by atoms with Gasteiger partial charge in [0.05, 0.1) is 0 Å². The van der Waals surface area contributed by atoms with E-state index in [0.717, 1.165) is 29.2 Å². The smallest absolute Gasteiger partial charge is 0.325 e. The standard InChI is InChI=1S/C16H19NO2/c18-16(19)14(9-4-2-1-3-5-9)17-15-12-10-6-7-11(8-10)13(12)15/h1-5,10-15,17H,6-8H2,(H,18,19). The predicted octanol–water partition coefficient (Wildman–Crippen LogP) is 2.45. The Morgan fingerprint density at radius 1 is 1.16 bits per heavy atom. The lowest BCUT2D eigenvalue weighted by molar-refractivity contribution is -0.139. The van der Waals surface area contributed by atoms with E-state index in [2.05, 4.69) is 5.32 Å². The van der Waals surface area contributed by atoms with Gasteiger partial charge in [-0.15, -0.1) is 0 Å². The Labute approximate surface area is 113 Å². The molecule has 5 unspecified atom stereocenters. The summed E-state index contributed by atoms with van der Waals surface area (Å²) in [5, 5.41) is 12.9. The molecular formula is C16H19NO2. The molecule has 100 valence electrons. The molecule has 0 saturated heterocycles. The lowest BCUT2D eigenvalue weighted by Gasteiger charge is -2.17. The first kappa shape index (κ1) is 11.5. The number of carboxylic acids is 1. The first-order valence-corrected chi connectivity index (χ1v) is 7.29. The van der Waals surface area contributed by atoms with E-state index in [1.54, 1.807) is 0 Å². The molecule has 3 saturated carbocycles. The first-order valence-electron chi connectivity index (χ1n) is 7.29. The maximum absolute atomic E-state index is 11.5. The summed E-state index contributed by atoms with van der Waals surface area (Å²) in [5.74, 6) is 2.52. The van der Waals surface area contributed by atoms with Gasteiger partial charge in [-0.3, -0.25) is 10.1 Å². The number of benzene rings is 1. The van der Waals surface area contributed by atoms with Crippen molar-refractivity contribution in [2.75, 3.05) is 0 Å². The maximum Gasteiger partial charge on any atom is 0.325 e. The average Bonchev–Trinajstić information content (AvgIpc) is 2.80. The molecular weight excluding hydrogens is 238 g/mol. The normalized spacial score (nSPS) is 39.9. The van der Waals surface area contributed by atoms with Crippen molar-refractivity contribution in [1.29, 1.82) is 0 Å². The molecule has 4 rings (SSSR count). The molecule has 3 aliphatic carbocycles. The lowest BCUT2D eigenvalue weighted by Crippen LogP contribution is -2.33. The van der Waals surface area contributed by atoms with Gasteiger partial charge in [0.25, 0.3) is 0 Å². The van der Waals surface area contributed by atoms with Crippen molar-refractivity contribution in [2.45, 2.75) is 31.3 Å². The fourth-order valence-electron chi connectivity index (χ4n) is 4.70. The Kier molecular flexibility index (Phi) is 2.46. The molecule has 3 aliphatic rings. The van der Waals surface area contributed by atoms with Gasteiger partial charge in [0.2, 0.25) is 0 Å². The van der Waals surface area contributed by atoms with Crippen molar-refractivity contribution >= 4 is 5.97 Å². The van der Waals surface area contributed by atoms with Gasteiger partial charge < -0.3 is 5.11 Å². The van der Waals surface area contributed by atoms with E-state index in [1.807, 2.05) is 30.3 Å². The van der Waals surface area contributed by atoms with Gasteiger partial charge in [0.15, 0.2) is 0 Å². The van der Waals surface area contributed by atoms with E-state index in [9.17, 15) is 9.90 Å². The van der Waals surface area contributed by atoms with Crippen LogP contribution < -0.4 is 5.32 Å². The summed E-state index contributed by atoms with van der Waals surface area (Å²) >= 11 is 0. The van der Waals surface area contributed by atoms with Crippen LogP contribution in [-0.2, 0) is 4.79 Å². The first-order chi connectivity index (χ1) is 9.25. The number of nitrogens with one attached hydrogen (secondary N) is 1. The van der Waals surface area contributed by atoms with Crippen LogP contribution in [-0.4, -0.2) is 17.1 Å². The Hall–Kier alpha value is -1.35. The van der Waals surface area contributed by atoms with E-state index < -0.39 is 12.0 Å². The van der Waals surface area contributed by atoms with Crippen LogP contribution in [0.4, 0.5) is 0 Å². The molecule has 19 heavy (non-hydrogen) atoms. The molecule has 0 spiro atoms. The third kappa shape index (κ3) is 1.71. The molecule has 0 aliphatic heterocycles. The van der Waals surface area contributed by atoms with Crippen molar-refractivity contribution in [3.8, 4) is 0 Å². The van der Waals surface area contributed by atoms with E-state index in [1.165, 1.54) is 19.3 Å². The highest BCUT2D eigenvalue weighted by molar-refractivity contribution is 5.75. The Bertz CT molecular complexity index is 485. The number of hydrogen-bond acceptors (Lipinski definition) is 2. The molecule has 5 atom stereocenters. The monoisotopic (exact) mass is 257 g/mol. The van der Waals surface area contributed by atoms with Crippen LogP contribution in [0.3, 0.4) is 0 Å². The third-order valence-electron chi connectivity index (χ3n) is 5.47. The van der Waals surface area contributed by atoms with Gasteiger partial charge in [-0.05, 0) is 48.5 Å². The number of carbonyl (C=O) groups is 1. The molecule has 2 bridgehead atoms. The summed E-state index contributed by atoms with van der Waals surface area (Å²) in [5.41, 5.74) is 0.868. The molecule has 0 aromatic heterocycles. The zero-order chi connectivity index (χ0) is 13.0. The predicted molar refractivity (Wildman–Crippen MR) is 71.6 cm³/mol. The van der Waals surface area contributed by atoms with Gasteiger partial charge in [-0.25, -0.2) is 0 Å². The van der Waals surface area contributed by atoms with Crippen molar-refractivity contribution in [2.24, 2.45) is 23.7 Å². The topological polar surface area (TPSA) is 49.3 Å². The third-order valence-corrected chi connectivity index (χ3v) is 5.47. The highest BCUT2D eigenvalue weighted by Gasteiger charge is 2.65. The Balaban J connectivity index is 1.51. The van der Waals surface area contributed by atoms with Crippen LogP contribution in [0.15, 0.2) is 30.3 Å². The molecule has 1 aromatic rings. The SMILES string of the molecule is O=C(O)C(NC1C2C3CCC(C3)C12)c1ccccc1. The fraction of sp³-hybridized carbons (Fsp3) is 0.562. The van der Waals surface area contributed by atoms with E-state index in [0.29, 0.717) is 6.04 Å². The van der Waals surface area contributed by atoms with Crippen LogP contribution in [0.2, 0.25) is 0 Å². The Morgan fingerprint density at radius 3 is 2.37 bits per heavy atom. The van der Waals surface area contributed by atoms with Crippen molar-refractivity contribution in [1.82, 2.24) is 5.32 Å². The summed E-state index contributed by atoms with van der Waals surface area (Å²) in [4.78, 5) is 11.5. The zero-order valence-corrected chi connectivity index (χ0v) is 10.8. The van der Waals surface area contributed by atoms with E-state index >= 15 is 0 Å². The van der Waals surface area contributed by atoms with Gasteiger partial charge in [0, 0.05) is 6.04 Å². The molecule has 3 nitrogen and oxygen atoms in total. The second-order valence-electron chi connectivity index (χ2n) is 6.36. The highest BCUT2D eigenvalue weighted by atomic mass is 16.4. The van der Waals surface area contributed by atoms with Crippen LogP contribution in [0.5, 0.6) is 0 Å². The second-order valence-corrected chi connectivity index (χ2v) is 6.36. The van der Waals surface area contributed by atoms with Crippen molar-refractivity contribution < 1.29 is 9.90 Å². The molecule has 3 fully saturated rings. The van der Waals surface area contributed by atoms with Crippen LogP contribution in [0.25, 0.3) is 0 Å². The number of hydrogen-bond donors (Lipinski definition) is 2. The largest absolute Gasteiger partial charge is 0.480 e. The molecule has 0 heterocycles. The van der Waals surface area contributed by atoms with Crippen LogP contribution in [0, 0.1) is 23.7 Å². The van der Waals surface area contributed by atoms with E-state index in [-0.39, 0.29) is 0 Å². The summed E-state index contributed by atoms with van der Waals surface area (Å²) in [6.07, 6.45) is 4.14. The van der Waals surface area contributed by atoms with Crippen LogP contribution in [0.1, 0.15) is 30.9 Å². The molecule has 2 N–H and O–H groups in total. The minimum absolute atomic E-state index is 0.451. The lowest BCUT2D eigenvalue weighted by atomic mass is 10.0. The van der Waals surface area contributed by atoms with Crippen LogP contribution >= 0.6 is 0 Å². The maximum atomic E-state index is 11.5. The number of rotatable bonds is 4.